The first-order valence-corrected chi connectivity index (χ1v) is 8.91. The van der Waals surface area contributed by atoms with Crippen LogP contribution in [0.15, 0.2) is 26.0 Å². The number of hydrogen-bond donors (Lipinski definition) is 1. The number of sulfonamides is 1. The van der Waals surface area contributed by atoms with Gasteiger partial charge in [-0.15, -0.1) is 0 Å². The summed E-state index contributed by atoms with van der Waals surface area (Å²) in [5.41, 5.74) is 0.919. The van der Waals surface area contributed by atoms with Gasteiger partial charge < -0.3 is 5.32 Å². The highest BCUT2D eigenvalue weighted by Crippen LogP contribution is 2.30. The van der Waals surface area contributed by atoms with Gasteiger partial charge in [-0.25, -0.2) is 8.42 Å². The summed E-state index contributed by atoms with van der Waals surface area (Å²) in [4.78, 5) is 11.6. The number of carbonyl (C=O) groups is 1. The van der Waals surface area contributed by atoms with E-state index in [9.17, 15) is 13.2 Å². The van der Waals surface area contributed by atoms with Crippen LogP contribution in [0.4, 0.5) is 0 Å². The fraction of sp³-hybridized carbons (Fsp3) is 0.417. The number of benzene rings is 1. The number of halogens is 2. The van der Waals surface area contributed by atoms with Crippen LogP contribution in [0.25, 0.3) is 0 Å². The highest BCUT2D eigenvalue weighted by atomic mass is 79.9. The van der Waals surface area contributed by atoms with Crippen molar-refractivity contribution in [3.8, 4) is 0 Å². The quantitative estimate of drug-likeness (QED) is 0.783. The van der Waals surface area contributed by atoms with Crippen molar-refractivity contribution in [1.29, 1.82) is 0 Å². The summed E-state index contributed by atoms with van der Waals surface area (Å²) < 4.78 is 27.1. The smallest absolute Gasteiger partial charge is 0.244 e. The molecule has 0 unspecified atom stereocenters. The fourth-order valence-corrected chi connectivity index (χ4v) is 4.30. The molecule has 0 bridgehead atoms. The minimum Gasteiger partial charge on any atom is -0.355 e. The van der Waals surface area contributed by atoms with Gasteiger partial charge in [-0.2, -0.15) is 4.31 Å². The van der Waals surface area contributed by atoms with Gasteiger partial charge in [0.1, 0.15) is 0 Å². The predicted octanol–water partition coefficient (Wildman–Crippen LogP) is 2.28. The lowest BCUT2D eigenvalue weighted by Gasteiger charge is -2.18. The second-order valence-electron chi connectivity index (χ2n) is 4.25. The second-order valence-corrected chi connectivity index (χ2v) is 7.97. The molecule has 0 radical (unpaired) electrons. The Morgan fingerprint density at radius 1 is 1.30 bits per heavy atom. The van der Waals surface area contributed by atoms with Gasteiger partial charge in [-0.3, -0.25) is 4.79 Å². The van der Waals surface area contributed by atoms with Gasteiger partial charge in [0.2, 0.25) is 15.9 Å². The fourth-order valence-electron chi connectivity index (χ4n) is 1.53. The van der Waals surface area contributed by atoms with Crippen LogP contribution >= 0.6 is 31.9 Å². The molecule has 0 aliphatic carbocycles. The first kappa shape index (κ1) is 17.6. The van der Waals surface area contributed by atoms with Crippen LogP contribution in [0.2, 0.25) is 0 Å². The summed E-state index contributed by atoms with van der Waals surface area (Å²) in [6, 6.07) is 3.25. The van der Waals surface area contributed by atoms with E-state index in [1.165, 1.54) is 13.1 Å². The summed E-state index contributed by atoms with van der Waals surface area (Å²) in [7, 11) is -2.35. The summed E-state index contributed by atoms with van der Waals surface area (Å²) >= 11 is 6.57. The van der Waals surface area contributed by atoms with E-state index >= 15 is 0 Å². The van der Waals surface area contributed by atoms with E-state index in [0.29, 0.717) is 15.5 Å². The van der Waals surface area contributed by atoms with Crippen molar-refractivity contribution in [2.24, 2.45) is 0 Å². The molecule has 1 rings (SSSR count). The van der Waals surface area contributed by atoms with Crippen LogP contribution in [-0.4, -0.2) is 38.8 Å². The van der Waals surface area contributed by atoms with E-state index in [2.05, 4.69) is 37.2 Å². The molecule has 5 nitrogen and oxygen atoms in total. The number of likely N-dealkylation sites (N-methyl/N-ethyl adjacent to an activating group) is 2. The summed E-state index contributed by atoms with van der Waals surface area (Å²) in [6.07, 6.45) is 0. The minimum absolute atomic E-state index is 0.127. The molecule has 0 saturated carbocycles. The average molecular weight is 428 g/mol. The Kier molecular flexibility index (Phi) is 6.18. The van der Waals surface area contributed by atoms with Crippen molar-refractivity contribution < 1.29 is 13.2 Å². The Labute approximate surface area is 136 Å². The van der Waals surface area contributed by atoms with Crippen molar-refractivity contribution in [3.05, 3.63) is 26.6 Å². The van der Waals surface area contributed by atoms with Crippen molar-refractivity contribution in [2.75, 3.05) is 20.1 Å². The molecule has 0 fully saturated rings. The molecule has 0 saturated heterocycles. The second kappa shape index (κ2) is 7.02. The maximum Gasteiger partial charge on any atom is 0.244 e. The number of rotatable bonds is 5. The summed E-state index contributed by atoms with van der Waals surface area (Å²) in [5.74, 6) is -0.333. The highest BCUT2D eigenvalue weighted by Gasteiger charge is 2.25. The molecule has 1 aromatic rings. The molecule has 0 aliphatic rings. The third kappa shape index (κ3) is 4.03. The molecule has 0 aliphatic heterocycles. The number of amides is 1. The Balaban J connectivity index is 3.11. The van der Waals surface area contributed by atoms with E-state index in [4.69, 9.17) is 0 Å². The first-order chi connectivity index (χ1) is 9.20. The van der Waals surface area contributed by atoms with Crippen molar-refractivity contribution in [3.63, 3.8) is 0 Å². The Morgan fingerprint density at radius 2 is 1.90 bits per heavy atom. The maximum atomic E-state index is 12.5. The lowest BCUT2D eigenvalue weighted by Crippen LogP contribution is -2.38. The van der Waals surface area contributed by atoms with E-state index in [1.54, 1.807) is 13.0 Å². The SMILES string of the molecule is CCNC(=O)CN(C)S(=O)(=O)c1cc(Br)c(C)cc1Br. The molecule has 0 spiro atoms. The third-order valence-electron chi connectivity index (χ3n) is 2.64. The molecule has 0 aromatic heterocycles. The number of aryl methyl sites for hydroxylation is 1. The standard InChI is InChI=1S/C12H16Br2N2O3S/c1-4-15-12(17)7-16(3)20(18,19)11-6-9(13)8(2)5-10(11)14/h5-6H,4,7H2,1-3H3,(H,15,17). The number of nitrogens with one attached hydrogen (secondary N) is 1. The highest BCUT2D eigenvalue weighted by molar-refractivity contribution is 9.11. The Morgan fingerprint density at radius 3 is 2.45 bits per heavy atom. The predicted molar refractivity (Wildman–Crippen MR) is 85.1 cm³/mol. The van der Waals surface area contributed by atoms with Crippen LogP contribution in [0.1, 0.15) is 12.5 Å². The van der Waals surface area contributed by atoms with E-state index in [0.717, 1.165) is 9.87 Å². The molecule has 112 valence electrons. The molecule has 1 amide bonds. The van der Waals surface area contributed by atoms with Gasteiger partial charge in [0.15, 0.2) is 0 Å². The van der Waals surface area contributed by atoms with Crippen LogP contribution < -0.4 is 5.32 Å². The van der Waals surface area contributed by atoms with Gasteiger partial charge in [0.05, 0.1) is 11.4 Å². The molecular weight excluding hydrogens is 412 g/mol. The number of hydrogen-bond acceptors (Lipinski definition) is 3. The van der Waals surface area contributed by atoms with Crippen molar-refractivity contribution in [1.82, 2.24) is 9.62 Å². The molecule has 1 aromatic carbocycles. The van der Waals surface area contributed by atoms with Gasteiger partial charge in [-0.05, 0) is 47.5 Å². The Bertz CT molecular complexity index is 617. The largest absolute Gasteiger partial charge is 0.355 e. The van der Waals surface area contributed by atoms with Gasteiger partial charge in [0, 0.05) is 22.5 Å². The van der Waals surface area contributed by atoms with Crippen molar-refractivity contribution >= 4 is 47.8 Å². The van der Waals surface area contributed by atoms with Gasteiger partial charge in [0.25, 0.3) is 0 Å². The zero-order chi connectivity index (χ0) is 15.5. The third-order valence-corrected chi connectivity index (χ3v) is 6.26. The monoisotopic (exact) mass is 426 g/mol. The first-order valence-electron chi connectivity index (χ1n) is 5.88. The molecule has 20 heavy (non-hydrogen) atoms. The van der Waals surface area contributed by atoms with Crippen LogP contribution in [0.5, 0.6) is 0 Å². The normalized spacial score (nSPS) is 11.7. The van der Waals surface area contributed by atoms with E-state index in [-0.39, 0.29) is 17.3 Å². The zero-order valence-electron chi connectivity index (χ0n) is 11.4. The molecule has 8 heteroatoms. The summed E-state index contributed by atoms with van der Waals surface area (Å²) in [6.45, 7) is 3.89. The maximum absolute atomic E-state index is 12.5. The van der Waals surface area contributed by atoms with Gasteiger partial charge in [-0.1, -0.05) is 15.9 Å². The topological polar surface area (TPSA) is 66.5 Å². The van der Waals surface area contributed by atoms with E-state index in [1.807, 2.05) is 6.92 Å². The van der Waals surface area contributed by atoms with Gasteiger partial charge >= 0.3 is 0 Å². The van der Waals surface area contributed by atoms with Crippen LogP contribution in [0.3, 0.4) is 0 Å². The number of carbonyl (C=O) groups excluding carboxylic acids is 1. The van der Waals surface area contributed by atoms with Crippen molar-refractivity contribution in [2.45, 2.75) is 18.7 Å². The average Bonchev–Trinajstić information content (AvgIpc) is 2.33. The molecule has 0 heterocycles. The molecule has 1 N–H and O–H groups in total. The molecular formula is C12H16Br2N2O3S. The Hall–Kier alpha value is -0.440. The number of nitrogens with zero attached hydrogens (tertiary/aromatic N) is 1. The summed E-state index contributed by atoms with van der Waals surface area (Å²) in [5, 5.41) is 2.57. The molecule has 0 atom stereocenters. The lowest BCUT2D eigenvalue weighted by atomic mass is 10.2. The van der Waals surface area contributed by atoms with Crippen LogP contribution in [0, 0.1) is 6.92 Å². The zero-order valence-corrected chi connectivity index (χ0v) is 15.4. The minimum atomic E-state index is -3.73. The lowest BCUT2D eigenvalue weighted by molar-refractivity contribution is -0.121. The van der Waals surface area contributed by atoms with E-state index < -0.39 is 10.0 Å². The van der Waals surface area contributed by atoms with Crippen LogP contribution in [-0.2, 0) is 14.8 Å².